The van der Waals surface area contributed by atoms with Crippen LogP contribution in [0.15, 0.2) is 12.1 Å². The molecule has 114 valence electrons. The fourth-order valence-electron chi connectivity index (χ4n) is 3.26. The van der Waals surface area contributed by atoms with E-state index in [0.29, 0.717) is 22.8 Å². The molecule has 1 atom stereocenters. The van der Waals surface area contributed by atoms with Crippen molar-refractivity contribution in [2.24, 2.45) is 0 Å². The van der Waals surface area contributed by atoms with Crippen LogP contribution < -0.4 is 10.2 Å². The summed E-state index contributed by atoms with van der Waals surface area (Å²) in [6, 6.07) is 3.37. The Morgan fingerprint density at radius 1 is 1.43 bits per heavy atom. The number of likely N-dealkylation sites (N-methyl/N-ethyl adjacent to an activating group) is 1. The van der Waals surface area contributed by atoms with Gasteiger partial charge in [0.2, 0.25) is 0 Å². The second-order valence-corrected chi connectivity index (χ2v) is 6.48. The van der Waals surface area contributed by atoms with Crippen molar-refractivity contribution >= 4 is 28.9 Å². The van der Waals surface area contributed by atoms with E-state index in [2.05, 4.69) is 5.32 Å². The number of rotatable bonds is 3. The van der Waals surface area contributed by atoms with E-state index in [0.717, 1.165) is 31.4 Å². The first-order valence-corrected chi connectivity index (χ1v) is 7.53. The largest absolute Gasteiger partial charge is 0.388 e. The molecular formula is C15H19ClN2O3. The summed E-state index contributed by atoms with van der Waals surface area (Å²) in [5.41, 5.74) is 1.16. The molecule has 6 heteroatoms. The SMILES string of the molecule is CN(CC1(O)CCCC1)c1cc2c(cc1Cl)C(O)C(=O)N2. The summed E-state index contributed by atoms with van der Waals surface area (Å²) < 4.78 is 0. The van der Waals surface area contributed by atoms with Crippen LogP contribution in [0, 0.1) is 0 Å². The molecule has 1 aromatic carbocycles. The smallest absolute Gasteiger partial charge is 0.257 e. The highest BCUT2D eigenvalue weighted by atomic mass is 35.5. The van der Waals surface area contributed by atoms with Gasteiger partial charge in [-0.2, -0.15) is 0 Å². The average molecular weight is 311 g/mol. The van der Waals surface area contributed by atoms with E-state index in [1.807, 2.05) is 11.9 Å². The van der Waals surface area contributed by atoms with Crippen LogP contribution in [0.2, 0.25) is 5.02 Å². The maximum Gasteiger partial charge on any atom is 0.257 e. The fraction of sp³-hybridized carbons (Fsp3) is 0.533. The Balaban J connectivity index is 1.86. The summed E-state index contributed by atoms with van der Waals surface area (Å²) in [6.45, 7) is 0.502. The number of hydrogen-bond acceptors (Lipinski definition) is 4. The zero-order valence-corrected chi connectivity index (χ0v) is 12.7. The first-order valence-electron chi connectivity index (χ1n) is 7.15. The lowest BCUT2D eigenvalue weighted by atomic mass is 10.0. The average Bonchev–Trinajstić information content (AvgIpc) is 2.95. The number of amides is 1. The van der Waals surface area contributed by atoms with E-state index in [4.69, 9.17) is 11.6 Å². The van der Waals surface area contributed by atoms with Crippen LogP contribution in [0.1, 0.15) is 37.4 Å². The number of fused-ring (bicyclic) bond motifs is 1. The summed E-state index contributed by atoms with van der Waals surface area (Å²) in [6.07, 6.45) is 2.54. The Morgan fingerprint density at radius 3 is 2.76 bits per heavy atom. The van der Waals surface area contributed by atoms with Crippen molar-refractivity contribution in [2.45, 2.75) is 37.4 Å². The third-order valence-corrected chi connectivity index (χ3v) is 4.70. The summed E-state index contributed by atoms with van der Waals surface area (Å²) in [5, 5.41) is 23.3. The van der Waals surface area contributed by atoms with Gasteiger partial charge in [0.05, 0.1) is 16.3 Å². The van der Waals surface area contributed by atoms with Crippen LogP contribution in [-0.2, 0) is 4.79 Å². The minimum Gasteiger partial charge on any atom is -0.388 e. The van der Waals surface area contributed by atoms with Crippen LogP contribution >= 0.6 is 11.6 Å². The Morgan fingerprint density at radius 2 is 2.10 bits per heavy atom. The Kier molecular flexibility index (Phi) is 3.59. The molecule has 3 rings (SSSR count). The Hall–Kier alpha value is -1.30. The van der Waals surface area contributed by atoms with Gasteiger partial charge in [-0.3, -0.25) is 4.79 Å². The van der Waals surface area contributed by atoms with Gasteiger partial charge in [-0.15, -0.1) is 0 Å². The molecule has 5 nitrogen and oxygen atoms in total. The molecule has 1 amide bonds. The molecule has 1 aromatic rings. The monoisotopic (exact) mass is 310 g/mol. The Labute approximate surface area is 128 Å². The van der Waals surface area contributed by atoms with Gasteiger partial charge in [0, 0.05) is 24.8 Å². The van der Waals surface area contributed by atoms with Crippen molar-refractivity contribution in [2.75, 3.05) is 23.8 Å². The molecule has 1 aliphatic heterocycles. The van der Waals surface area contributed by atoms with E-state index in [1.54, 1.807) is 12.1 Å². The van der Waals surface area contributed by atoms with Gasteiger partial charge in [0.1, 0.15) is 0 Å². The highest BCUT2D eigenvalue weighted by molar-refractivity contribution is 6.33. The molecule has 1 fully saturated rings. The van der Waals surface area contributed by atoms with Gasteiger partial charge in [0.15, 0.2) is 6.10 Å². The van der Waals surface area contributed by atoms with Crippen LogP contribution in [0.25, 0.3) is 0 Å². The molecule has 1 aliphatic carbocycles. The summed E-state index contributed by atoms with van der Waals surface area (Å²) in [5.74, 6) is -0.435. The zero-order valence-electron chi connectivity index (χ0n) is 11.9. The Bertz CT molecular complexity index is 585. The van der Waals surface area contributed by atoms with Gasteiger partial charge in [-0.1, -0.05) is 24.4 Å². The molecule has 1 saturated carbocycles. The molecule has 2 aliphatic rings. The molecular weight excluding hydrogens is 292 g/mol. The number of halogens is 1. The van der Waals surface area contributed by atoms with E-state index >= 15 is 0 Å². The molecule has 1 unspecified atom stereocenters. The molecule has 0 saturated heterocycles. The van der Waals surface area contributed by atoms with Crippen molar-refractivity contribution in [3.8, 4) is 0 Å². The highest BCUT2D eigenvalue weighted by Crippen LogP contribution is 2.39. The van der Waals surface area contributed by atoms with Crippen molar-refractivity contribution in [3.05, 3.63) is 22.7 Å². The second kappa shape index (κ2) is 5.16. The second-order valence-electron chi connectivity index (χ2n) is 6.07. The minimum absolute atomic E-state index is 0.435. The maximum absolute atomic E-state index is 11.5. The van der Waals surface area contributed by atoms with E-state index < -0.39 is 17.6 Å². The third kappa shape index (κ3) is 2.61. The quantitative estimate of drug-likeness (QED) is 0.799. The van der Waals surface area contributed by atoms with E-state index in [-0.39, 0.29) is 0 Å². The van der Waals surface area contributed by atoms with Gasteiger partial charge >= 0.3 is 0 Å². The number of nitrogens with one attached hydrogen (secondary N) is 1. The number of nitrogens with zero attached hydrogens (tertiary/aromatic N) is 1. The number of anilines is 2. The van der Waals surface area contributed by atoms with Crippen molar-refractivity contribution in [1.29, 1.82) is 0 Å². The fourth-order valence-corrected chi connectivity index (χ4v) is 3.58. The summed E-state index contributed by atoms with van der Waals surface area (Å²) >= 11 is 6.27. The van der Waals surface area contributed by atoms with Gasteiger partial charge in [0.25, 0.3) is 5.91 Å². The zero-order chi connectivity index (χ0) is 15.2. The predicted octanol–water partition coefficient (Wildman–Crippen LogP) is 2.07. The van der Waals surface area contributed by atoms with Gasteiger partial charge < -0.3 is 20.4 Å². The molecule has 0 bridgehead atoms. The molecule has 0 aromatic heterocycles. The number of hydrogen-bond donors (Lipinski definition) is 3. The van der Waals surface area contributed by atoms with Crippen LogP contribution in [0.5, 0.6) is 0 Å². The highest BCUT2D eigenvalue weighted by Gasteiger charge is 2.34. The molecule has 0 radical (unpaired) electrons. The van der Waals surface area contributed by atoms with Crippen LogP contribution in [0.4, 0.5) is 11.4 Å². The van der Waals surface area contributed by atoms with E-state index in [9.17, 15) is 15.0 Å². The predicted molar refractivity (Wildman–Crippen MR) is 81.7 cm³/mol. The van der Waals surface area contributed by atoms with Crippen molar-refractivity contribution in [3.63, 3.8) is 0 Å². The number of aliphatic hydroxyl groups excluding tert-OH is 1. The lowest BCUT2D eigenvalue weighted by molar-refractivity contribution is -0.123. The standard InChI is InChI=1S/C15H19ClN2O3/c1-18(8-15(21)4-2-3-5-15)12-7-11-9(6-10(12)16)13(19)14(20)17-11/h6-7,13,19,21H,2-5,8H2,1H3,(H,17,20). The summed E-state index contributed by atoms with van der Waals surface area (Å²) in [4.78, 5) is 13.4. The lowest BCUT2D eigenvalue weighted by Crippen LogP contribution is -2.39. The third-order valence-electron chi connectivity index (χ3n) is 4.40. The first kappa shape index (κ1) is 14.6. The molecule has 1 heterocycles. The topological polar surface area (TPSA) is 72.8 Å². The maximum atomic E-state index is 11.5. The molecule has 21 heavy (non-hydrogen) atoms. The number of aliphatic hydroxyl groups is 2. The van der Waals surface area contributed by atoms with Crippen LogP contribution in [0.3, 0.4) is 0 Å². The number of carbonyl (C=O) groups is 1. The minimum atomic E-state index is -1.16. The lowest BCUT2D eigenvalue weighted by Gasteiger charge is -2.30. The van der Waals surface area contributed by atoms with E-state index in [1.165, 1.54) is 0 Å². The van der Waals surface area contributed by atoms with Crippen molar-refractivity contribution in [1.82, 2.24) is 0 Å². The van der Waals surface area contributed by atoms with Crippen molar-refractivity contribution < 1.29 is 15.0 Å². The van der Waals surface area contributed by atoms with Gasteiger partial charge in [-0.05, 0) is 25.0 Å². The number of benzene rings is 1. The first-order chi connectivity index (χ1) is 9.89. The normalized spacial score (nSPS) is 23.0. The number of carbonyl (C=O) groups excluding carboxylic acids is 1. The molecule has 0 spiro atoms. The molecule has 3 N–H and O–H groups in total. The van der Waals surface area contributed by atoms with Crippen LogP contribution in [-0.4, -0.2) is 35.3 Å². The van der Waals surface area contributed by atoms with Gasteiger partial charge in [-0.25, -0.2) is 0 Å². The summed E-state index contributed by atoms with van der Waals surface area (Å²) in [7, 11) is 1.87.